The van der Waals surface area contributed by atoms with E-state index in [-0.39, 0.29) is 5.54 Å². The summed E-state index contributed by atoms with van der Waals surface area (Å²) in [5, 5.41) is 0. The van der Waals surface area contributed by atoms with Crippen LogP contribution in [-0.4, -0.2) is 23.8 Å². The Kier molecular flexibility index (Phi) is 2.83. The average molecular weight is 294 g/mol. The van der Waals surface area contributed by atoms with Crippen LogP contribution in [0.4, 0.5) is 0 Å². The minimum atomic E-state index is 0.241. The lowest BCUT2D eigenvalue weighted by molar-refractivity contribution is -0.122. The van der Waals surface area contributed by atoms with Crippen molar-refractivity contribution in [3.05, 3.63) is 34.3 Å². The lowest BCUT2D eigenvalue weighted by Gasteiger charge is -2.35. The zero-order valence-electron chi connectivity index (χ0n) is 9.79. The van der Waals surface area contributed by atoms with Gasteiger partial charge in [-0.3, -0.25) is 9.69 Å². The van der Waals surface area contributed by atoms with E-state index in [0.717, 1.165) is 30.4 Å². The fourth-order valence-electron chi connectivity index (χ4n) is 2.87. The number of carbonyl (C=O) groups excluding carboxylic acids is 1. The molecule has 1 aromatic rings. The van der Waals surface area contributed by atoms with Crippen LogP contribution in [0.1, 0.15) is 31.2 Å². The van der Waals surface area contributed by atoms with E-state index in [4.69, 9.17) is 0 Å². The van der Waals surface area contributed by atoms with Crippen molar-refractivity contribution in [2.45, 2.75) is 31.2 Å². The van der Waals surface area contributed by atoms with Gasteiger partial charge < -0.3 is 0 Å². The molecule has 3 rings (SSSR count). The summed E-state index contributed by atoms with van der Waals surface area (Å²) in [5.74, 6) is 0.422. The van der Waals surface area contributed by atoms with Crippen molar-refractivity contribution in [1.29, 1.82) is 0 Å². The van der Waals surface area contributed by atoms with E-state index in [2.05, 4.69) is 45.1 Å². The zero-order chi connectivity index (χ0) is 11.9. The summed E-state index contributed by atoms with van der Waals surface area (Å²) in [4.78, 5) is 13.8. The molecule has 1 aromatic carbocycles. The molecule has 2 nitrogen and oxygen atoms in total. The van der Waals surface area contributed by atoms with Crippen molar-refractivity contribution >= 4 is 21.7 Å². The molecule has 1 aliphatic carbocycles. The second-order valence-electron chi connectivity index (χ2n) is 5.07. The van der Waals surface area contributed by atoms with Crippen molar-refractivity contribution < 1.29 is 4.79 Å². The molecule has 0 bridgehead atoms. The number of ketones is 1. The lowest BCUT2D eigenvalue weighted by Crippen LogP contribution is -2.41. The molecule has 0 spiro atoms. The maximum absolute atomic E-state index is 11.3. The molecule has 0 amide bonds. The Morgan fingerprint density at radius 3 is 2.47 bits per heavy atom. The number of hydrogen-bond acceptors (Lipinski definition) is 2. The molecule has 1 heterocycles. The summed E-state index contributed by atoms with van der Waals surface area (Å²) in [5.41, 5.74) is 1.64. The second kappa shape index (κ2) is 4.21. The van der Waals surface area contributed by atoms with Gasteiger partial charge >= 0.3 is 0 Å². The number of carbonyl (C=O) groups is 1. The van der Waals surface area contributed by atoms with Gasteiger partial charge in [0.25, 0.3) is 0 Å². The highest BCUT2D eigenvalue weighted by Gasteiger charge is 2.49. The van der Waals surface area contributed by atoms with Gasteiger partial charge in [0.05, 0.1) is 0 Å². The van der Waals surface area contributed by atoms with Gasteiger partial charge in [0, 0.05) is 35.9 Å². The lowest BCUT2D eigenvalue weighted by atomic mass is 9.99. The molecule has 2 aliphatic rings. The number of piperidine rings is 1. The maximum atomic E-state index is 11.3. The maximum Gasteiger partial charge on any atom is 0.135 e. The SMILES string of the molecule is O=C1CCN(C2(c3cccc(Br)c3)CC2)CC1. The molecule has 17 heavy (non-hydrogen) atoms. The van der Waals surface area contributed by atoms with E-state index < -0.39 is 0 Å². The molecule has 0 N–H and O–H groups in total. The predicted octanol–water partition coefficient (Wildman–Crippen LogP) is 3.10. The Balaban J connectivity index is 1.84. The summed E-state index contributed by atoms with van der Waals surface area (Å²) < 4.78 is 1.15. The molecule has 1 saturated carbocycles. The Morgan fingerprint density at radius 2 is 1.88 bits per heavy atom. The van der Waals surface area contributed by atoms with E-state index in [1.807, 2.05) is 0 Å². The van der Waals surface area contributed by atoms with Gasteiger partial charge in [0.1, 0.15) is 5.78 Å². The molecule has 0 radical (unpaired) electrons. The molecule has 2 fully saturated rings. The van der Waals surface area contributed by atoms with Gasteiger partial charge in [0.15, 0.2) is 0 Å². The number of hydrogen-bond donors (Lipinski definition) is 0. The number of halogens is 1. The van der Waals surface area contributed by atoms with Crippen LogP contribution < -0.4 is 0 Å². The molecule has 0 unspecified atom stereocenters. The monoisotopic (exact) mass is 293 g/mol. The third kappa shape index (κ3) is 2.06. The molecule has 0 atom stereocenters. The van der Waals surface area contributed by atoms with Crippen LogP contribution in [0.25, 0.3) is 0 Å². The molecule has 90 valence electrons. The largest absolute Gasteiger partial charge is 0.300 e. The van der Waals surface area contributed by atoms with Gasteiger partial charge in [0.2, 0.25) is 0 Å². The van der Waals surface area contributed by atoms with Crippen LogP contribution in [0, 0.1) is 0 Å². The molecular weight excluding hydrogens is 278 g/mol. The molecule has 0 aromatic heterocycles. The van der Waals surface area contributed by atoms with Crippen LogP contribution in [0.3, 0.4) is 0 Å². The highest BCUT2D eigenvalue weighted by molar-refractivity contribution is 9.10. The third-order valence-electron chi connectivity index (χ3n) is 4.01. The van der Waals surface area contributed by atoms with Crippen molar-refractivity contribution in [2.75, 3.05) is 13.1 Å². The summed E-state index contributed by atoms with van der Waals surface area (Å²) in [6, 6.07) is 8.62. The molecule has 1 saturated heterocycles. The zero-order valence-corrected chi connectivity index (χ0v) is 11.4. The quantitative estimate of drug-likeness (QED) is 0.835. The van der Waals surface area contributed by atoms with E-state index in [1.165, 1.54) is 18.4 Å². The summed E-state index contributed by atoms with van der Waals surface area (Å²) in [7, 11) is 0. The van der Waals surface area contributed by atoms with E-state index in [0.29, 0.717) is 5.78 Å². The van der Waals surface area contributed by atoms with Crippen LogP contribution in [0.5, 0.6) is 0 Å². The van der Waals surface area contributed by atoms with Crippen LogP contribution >= 0.6 is 15.9 Å². The standard InChI is InChI=1S/C14H16BrNO/c15-12-3-1-2-11(10-12)14(6-7-14)16-8-4-13(17)5-9-16/h1-3,10H,4-9H2. The number of rotatable bonds is 2. The van der Waals surface area contributed by atoms with Crippen molar-refractivity contribution in [3.63, 3.8) is 0 Å². The minimum absolute atomic E-state index is 0.241. The summed E-state index contributed by atoms with van der Waals surface area (Å²) >= 11 is 3.54. The van der Waals surface area contributed by atoms with E-state index in [1.54, 1.807) is 0 Å². The predicted molar refractivity (Wildman–Crippen MR) is 70.9 cm³/mol. The van der Waals surface area contributed by atoms with Crippen LogP contribution in [0.2, 0.25) is 0 Å². The third-order valence-corrected chi connectivity index (χ3v) is 4.51. The minimum Gasteiger partial charge on any atom is -0.300 e. The Morgan fingerprint density at radius 1 is 1.18 bits per heavy atom. The van der Waals surface area contributed by atoms with Crippen molar-refractivity contribution in [1.82, 2.24) is 4.90 Å². The Labute approximate surface area is 110 Å². The number of nitrogens with zero attached hydrogens (tertiary/aromatic N) is 1. The number of Topliss-reactive ketones (excluding diaryl/α,β-unsaturated/α-hetero) is 1. The van der Waals surface area contributed by atoms with Crippen molar-refractivity contribution in [2.24, 2.45) is 0 Å². The smallest absolute Gasteiger partial charge is 0.135 e. The summed E-state index contributed by atoms with van der Waals surface area (Å²) in [6.07, 6.45) is 3.93. The Hall–Kier alpha value is -0.670. The first kappa shape index (κ1) is 11.4. The first-order valence-electron chi connectivity index (χ1n) is 6.23. The van der Waals surface area contributed by atoms with Crippen molar-refractivity contribution in [3.8, 4) is 0 Å². The summed E-state index contributed by atoms with van der Waals surface area (Å²) in [6.45, 7) is 1.87. The highest BCUT2D eigenvalue weighted by Crippen LogP contribution is 2.51. The van der Waals surface area contributed by atoms with E-state index >= 15 is 0 Å². The topological polar surface area (TPSA) is 20.3 Å². The van der Waals surface area contributed by atoms with Gasteiger partial charge in [-0.2, -0.15) is 0 Å². The molecule has 1 aliphatic heterocycles. The van der Waals surface area contributed by atoms with Crippen LogP contribution in [0.15, 0.2) is 28.7 Å². The van der Waals surface area contributed by atoms with Gasteiger partial charge in [-0.25, -0.2) is 0 Å². The van der Waals surface area contributed by atoms with Gasteiger partial charge in [-0.1, -0.05) is 28.1 Å². The van der Waals surface area contributed by atoms with Gasteiger partial charge in [-0.15, -0.1) is 0 Å². The van der Waals surface area contributed by atoms with Crippen LogP contribution in [-0.2, 0) is 10.3 Å². The number of benzene rings is 1. The molecule has 3 heteroatoms. The molecular formula is C14H16BrNO. The first-order valence-corrected chi connectivity index (χ1v) is 7.03. The second-order valence-corrected chi connectivity index (χ2v) is 5.98. The highest BCUT2D eigenvalue weighted by atomic mass is 79.9. The normalized spacial score (nSPS) is 23.7. The number of likely N-dealkylation sites (tertiary alicyclic amines) is 1. The fraction of sp³-hybridized carbons (Fsp3) is 0.500. The van der Waals surface area contributed by atoms with E-state index in [9.17, 15) is 4.79 Å². The first-order chi connectivity index (χ1) is 8.21. The fourth-order valence-corrected chi connectivity index (χ4v) is 3.27. The Bertz CT molecular complexity index is 443. The van der Waals surface area contributed by atoms with Gasteiger partial charge in [-0.05, 0) is 30.5 Å². The average Bonchev–Trinajstić information content (AvgIpc) is 3.11.